The third-order valence-electron chi connectivity index (χ3n) is 2.15. The van der Waals surface area contributed by atoms with Gasteiger partial charge in [0.2, 0.25) is 0 Å². The van der Waals surface area contributed by atoms with Gasteiger partial charge in [0, 0.05) is 13.0 Å². The van der Waals surface area contributed by atoms with E-state index in [0.29, 0.717) is 12.4 Å². The predicted octanol–water partition coefficient (Wildman–Crippen LogP) is 2.50. The lowest BCUT2D eigenvalue weighted by molar-refractivity contribution is -0.137. The highest BCUT2D eigenvalue weighted by Gasteiger charge is 2.03. The molecule has 0 radical (unpaired) electrons. The molecule has 0 bridgehead atoms. The molecule has 0 N–H and O–H groups in total. The van der Waals surface area contributed by atoms with E-state index in [2.05, 4.69) is 0 Å². The smallest absolute Gasteiger partial charge is 0.330 e. The summed E-state index contributed by atoms with van der Waals surface area (Å²) in [4.78, 5) is 22.0. The zero-order valence-electron chi connectivity index (χ0n) is 10.7. The lowest BCUT2D eigenvalue weighted by Crippen LogP contribution is -2.02. The normalized spacial score (nSPS) is 10.4. The maximum atomic E-state index is 11.1. The summed E-state index contributed by atoms with van der Waals surface area (Å²) in [5, 5.41) is 0. The van der Waals surface area contributed by atoms with Crippen molar-refractivity contribution in [2.75, 3.05) is 6.61 Å². The third kappa shape index (κ3) is 4.41. The second-order valence-corrected chi connectivity index (χ2v) is 3.70. The van der Waals surface area contributed by atoms with Gasteiger partial charge >= 0.3 is 11.9 Å². The zero-order chi connectivity index (χ0) is 13.5. The van der Waals surface area contributed by atoms with Crippen molar-refractivity contribution in [1.82, 2.24) is 0 Å². The van der Waals surface area contributed by atoms with E-state index in [1.54, 1.807) is 25.1 Å². The number of esters is 2. The molecule has 0 aliphatic heterocycles. The number of hydrogen-bond acceptors (Lipinski definition) is 4. The first-order chi connectivity index (χ1) is 8.52. The summed E-state index contributed by atoms with van der Waals surface area (Å²) in [6, 6.07) is 5.29. The summed E-state index contributed by atoms with van der Waals surface area (Å²) in [7, 11) is 0. The van der Waals surface area contributed by atoms with Gasteiger partial charge in [-0.1, -0.05) is 6.07 Å². The lowest BCUT2D eigenvalue weighted by atomic mass is 10.1. The average molecular weight is 248 g/mol. The molecule has 0 spiro atoms. The van der Waals surface area contributed by atoms with Crippen molar-refractivity contribution in [2.24, 2.45) is 0 Å². The largest absolute Gasteiger partial charge is 0.463 e. The fourth-order valence-corrected chi connectivity index (χ4v) is 1.40. The fraction of sp³-hybridized carbons (Fsp3) is 0.286. The van der Waals surface area contributed by atoms with E-state index in [1.807, 2.05) is 13.0 Å². The highest BCUT2D eigenvalue weighted by atomic mass is 16.5. The van der Waals surface area contributed by atoms with Gasteiger partial charge in [-0.3, -0.25) is 4.79 Å². The SMILES string of the molecule is CCOC(=O)C=Cc1ccc(OC(C)=O)c(C)c1. The average Bonchev–Trinajstić information content (AvgIpc) is 2.29. The Morgan fingerprint density at radius 3 is 2.61 bits per heavy atom. The maximum Gasteiger partial charge on any atom is 0.330 e. The Morgan fingerprint density at radius 1 is 1.33 bits per heavy atom. The third-order valence-corrected chi connectivity index (χ3v) is 2.15. The van der Waals surface area contributed by atoms with Crippen LogP contribution in [0.2, 0.25) is 0 Å². The van der Waals surface area contributed by atoms with Crippen LogP contribution >= 0.6 is 0 Å². The Labute approximate surface area is 106 Å². The topological polar surface area (TPSA) is 52.6 Å². The fourth-order valence-electron chi connectivity index (χ4n) is 1.40. The van der Waals surface area contributed by atoms with Crippen LogP contribution in [0.25, 0.3) is 6.08 Å². The minimum absolute atomic E-state index is 0.354. The van der Waals surface area contributed by atoms with Gasteiger partial charge in [-0.2, -0.15) is 0 Å². The van der Waals surface area contributed by atoms with E-state index >= 15 is 0 Å². The standard InChI is InChI=1S/C14H16O4/c1-4-17-14(16)8-6-12-5-7-13(10(2)9-12)18-11(3)15/h5-9H,4H2,1-3H3. The van der Waals surface area contributed by atoms with Gasteiger partial charge in [0.25, 0.3) is 0 Å². The lowest BCUT2D eigenvalue weighted by Gasteiger charge is -2.05. The molecule has 0 aromatic heterocycles. The van der Waals surface area contributed by atoms with Crippen LogP contribution in [-0.4, -0.2) is 18.5 Å². The van der Waals surface area contributed by atoms with E-state index in [4.69, 9.17) is 9.47 Å². The Balaban J connectivity index is 2.78. The molecule has 0 atom stereocenters. The molecule has 0 heterocycles. The highest BCUT2D eigenvalue weighted by Crippen LogP contribution is 2.20. The number of ether oxygens (including phenoxy) is 2. The Bertz CT molecular complexity index is 475. The molecule has 18 heavy (non-hydrogen) atoms. The van der Waals surface area contributed by atoms with Gasteiger partial charge in [-0.15, -0.1) is 0 Å². The first-order valence-electron chi connectivity index (χ1n) is 5.67. The van der Waals surface area contributed by atoms with E-state index in [-0.39, 0.29) is 11.9 Å². The monoisotopic (exact) mass is 248 g/mol. The molecule has 0 saturated heterocycles. The summed E-state index contributed by atoms with van der Waals surface area (Å²) in [6.45, 7) is 5.30. The molecule has 4 heteroatoms. The van der Waals surface area contributed by atoms with E-state index in [9.17, 15) is 9.59 Å². The molecule has 1 rings (SSSR count). The molecule has 0 fully saturated rings. The van der Waals surface area contributed by atoms with E-state index in [0.717, 1.165) is 11.1 Å². The van der Waals surface area contributed by atoms with Crippen LogP contribution in [-0.2, 0) is 14.3 Å². The molecule has 96 valence electrons. The van der Waals surface area contributed by atoms with Gasteiger partial charge in [0.1, 0.15) is 5.75 Å². The number of carbonyl (C=O) groups is 2. The van der Waals surface area contributed by atoms with Crippen LogP contribution in [0.3, 0.4) is 0 Å². The molecule has 1 aromatic rings. The Hall–Kier alpha value is -2.10. The second-order valence-electron chi connectivity index (χ2n) is 3.70. The van der Waals surface area contributed by atoms with Crippen LogP contribution in [0, 0.1) is 6.92 Å². The summed E-state index contributed by atoms with van der Waals surface area (Å²) >= 11 is 0. The Morgan fingerprint density at radius 2 is 2.06 bits per heavy atom. The van der Waals surface area contributed by atoms with Crippen LogP contribution in [0.4, 0.5) is 0 Å². The maximum absolute atomic E-state index is 11.1. The summed E-state index contributed by atoms with van der Waals surface area (Å²) in [5.74, 6) is -0.206. The van der Waals surface area contributed by atoms with Gasteiger partial charge in [0.05, 0.1) is 6.61 Å². The van der Waals surface area contributed by atoms with E-state index < -0.39 is 0 Å². The molecule has 4 nitrogen and oxygen atoms in total. The van der Waals surface area contributed by atoms with Crippen molar-refractivity contribution in [3.8, 4) is 5.75 Å². The van der Waals surface area contributed by atoms with Gasteiger partial charge in [-0.25, -0.2) is 4.79 Å². The van der Waals surface area contributed by atoms with Crippen LogP contribution in [0.5, 0.6) is 5.75 Å². The molecular formula is C14H16O4. The summed E-state index contributed by atoms with van der Waals surface area (Å²) in [5.41, 5.74) is 1.67. The number of benzene rings is 1. The van der Waals surface area contributed by atoms with Gasteiger partial charge in [0.15, 0.2) is 0 Å². The van der Waals surface area contributed by atoms with Crippen molar-refractivity contribution in [3.63, 3.8) is 0 Å². The first kappa shape index (κ1) is 14.0. The van der Waals surface area contributed by atoms with Gasteiger partial charge in [-0.05, 0) is 43.2 Å². The van der Waals surface area contributed by atoms with Crippen molar-refractivity contribution in [3.05, 3.63) is 35.4 Å². The van der Waals surface area contributed by atoms with Crippen molar-refractivity contribution in [2.45, 2.75) is 20.8 Å². The van der Waals surface area contributed by atoms with Crippen LogP contribution in [0.15, 0.2) is 24.3 Å². The number of aryl methyl sites for hydroxylation is 1. The molecule has 0 aliphatic rings. The zero-order valence-corrected chi connectivity index (χ0v) is 10.7. The molecule has 0 aliphatic carbocycles. The number of rotatable bonds is 4. The van der Waals surface area contributed by atoms with Crippen molar-refractivity contribution in [1.29, 1.82) is 0 Å². The summed E-state index contributed by atoms with van der Waals surface area (Å²) in [6.07, 6.45) is 3.02. The molecule has 0 amide bonds. The Kier molecular flexibility index (Phi) is 5.11. The predicted molar refractivity (Wildman–Crippen MR) is 68.2 cm³/mol. The quantitative estimate of drug-likeness (QED) is 0.466. The highest BCUT2D eigenvalue weighted by molar-refractivity contribution is 5.87. The minimum atomic E-state index is -0.376. The number of carbonyl (C=O) groups excluding carboxylic acids is 2. The van der Waals surface area contributed by atoms with Gasteiger partial charge < -0.3 is 9.47 Å². The molecule has 0 saturated carbocycles. The molecule has 0 unspecified atom stereocenters. The van der Waals surface area contributed by atoms with Crippen molar-refractivity contribution < 1.29 is 19.1 Å². The van der Waals surface area contributed by atoms with Crippen molar-refractivity contribution >= 4 is 18.0 Å². The number of hydrogen-bond donors (Lipinski definition) is 0. The van der Waals surface area contributed by atoms with Crippen LogP contribution < -0.4 is 4.74 Å². The summed E-state index contributed by atoms with van der Waals surface area (Å²) < 4.78 is 9.78. The van der Waals surface area contributed by atoms with Crippen LogP contribution in [0.1, 0.15) is 25.0 Å². The minimum Gasteiger partial charge on any atom is -0.463 e. The van der Waals surface area contributed by atoms with E-state index in [1.165, 1.54) is 13.0 Å². The second kappa shape index (κ2) is 6.59. The molecule has 1 aromatic carbocycles. The molecular weight excluding hydrogens is 232 g/mol. The first-order valence-corrected chi connectivity index (χ1v) is 5.67.